The van der Waals surface area contributed by atoms with Gasteiger partial charge in [0.2, 0.25) is 5.82 Å². The monoisotopic (exact) mass is 358 g/mol. The molecule has 0 radical (unpaired) electrons. The van der Waals surface area contributed by atoms with Crippen molar-refractivity contribution >= 4 is 15.9 Å². The fourth-order valence-electron chi connectivity index (χ4n) is 1.75. The summed E-state index contributed by atoms with van der Waals surface area (Å²) < 4.78 is 37.3. The maximum absolute atomic E-state index is 13.5. The van der Waals surface area contributed by atoms with Gasteiger partial charge in [0.05, 0.1) is 7.11 Å². The molecule has 21 heavy (non-hydrogen) atoms. The predicted octanol–water partition coefficient (Wildman–Crippen LogP) is 3.85. The number of rotatable bonds is 5. The van der Waals surface area contributed by atoms with Gasteiger partial charge in [-0.1, -0.05) is 28.1 Å². The zero-order valence-corrected chi connectivity index (χ0v) is 12.7. The molecule has 0 saturated carbocycles. The largest absolute Gasteiger partial charge is 0.497 e. The van der Waals surface area contributed by atoms with Crippen LogP contribution < -0.4 is 9.47 Å². The van der Waals surface area contributed by atoms with Crippen LogP contribution in [0.5, 0.6) is 11.5 Å². The molecule has 0 spiro atoms. The van der Waals surface area contributed by atoms with Gasteiger partial charge in [0.25, 0.3) is 0 Å². The smallest absolute Gasteiger partial charge is 0.200 e. The van der Waals surface area contributed by atoms with Crippen LogP contribution in [-0.2, 0) is 0 Å². The van der Waals surface area contributed by atoms with E-state index in [9.17, 15) is 13.9 Å². The van der Waals surface area contributed by atoms with Crippen molar-refractivity contribution in [1.29, 1.82) is 0 Å². The second kappa shape index (κ2) is 6.87. The summed E-state index contributed by atoms with van der Waals surface area (Å²) in [6, 6.07) is 9.09. The lowest BCUT2D eigenvalue weighted by molar-refractivity contribution is 0.105. The minimum Gasteiger partial charge on any atom is -0.497 e. The van der Waals surface area contributed by atoms with Gasteiger partial charge in [-0.3, -0.25) is 0 Å². The number of ether oxygens (including phenoxy) is 2. The average Bonchev–Trinajstić information content (AvgIpc) is 2.49. The molecular formula is C15H13BrF2O3. The maximum Gasteiger partial charge on any atom is 0.200 e. The Balaban J connectivity index is 2.09. The van der Waals surface area contributed by atoms with Gasteiger partial charge in [0.1, 0.15) is 18.5 Å². The molecule has 0 fully saturated rings. The molecule has 6 heteroatoms. The number of hydrogen-bond acceptors (Lipinski definition) is 3. The summed E-state index contributed by atoms with van der Waals surface area (Å²) in [7, 11) is 1.52. The van der Waals surface area contributed by atoms with Gasteiger partial charge in [-0.25, -0.2) is 4.39 Å². The fraction of sp³-hybridized carbons (Fsp3) is 0.200. The highest BCUT2D eigenvalue weighted by Crippen LogP contribution is 2.27. The summed E-state index contributed by atoms with van der Waals surface area (Å²) in [5.41, 5.74) is 0.560. The molecule has 2 aromatic carbocycles. The van der Waals surface area contributed by atoms with Gasteiger partial charge in [-0.2, -0.15) is 4.39 Å². The zero-order valence-electron chi connectivity index (χ0n) is 11.1. The van der Waals surface area contributed by atoms with E-state index in [0.717, 1.165) is 6.07 Å². The van der Waals surface area contributed by atoms with Crippen molar-refractivity contribution < 1.29 is 23.4 Å². The molecular weight excluding hydrogens is 346 g/mol. The Hall–Kier alpha value is -1.66. The van der Waals surface area contributed by atoms with Crippen LogP contribution in [0.25, 0.3) is 0 Å². The van der Waals surface area contributed by atoms with Gasteiger partial charge in [0.15, 0.2) is 11.6 Å². The molecule has 0 aromatic heterocycles. The molecule has 0 aliphatic heterocycles. The lowest BCUT2D eigenvalue weighted by Crippen LogP contribution is -2.11. The molecule has 1 atom stereocenters. The Labute approximate surface area is 129 Å². The Morgan fingerprint density at radius 1 is 1.24 bits per heavy atom. The highest BCUT2D eigenvalue weighted by molar-refractivity contribution is 9.10. The molecule has 0 saturated heterocycles. The van der Waals surface area contributed by atoms with Crippen LogP contribution in [0.4, 0.5) is 8.78 Å². The third-order valence-corrected chi connectivity index (χ3v) is 3.29. The van der Waals surface area contributed by atoms with E-state index in [2.05, 4.69) is 15.9 Å². The van der Waals surface area contributed by atoms with Crippen LogP contribution in [0.1, 0.15) is 11.7 Å². The lowest BCUT2D eigenvalue weighted by Gasteiger charge is -2.14. The summed E-state index contributed by atoms with van der Waals surface area (Å²) >= 11 is 3.05. The molecule has 1 unspecified atom stereocenters. The summed E-state index contributed by atoms with van der Waals surface area (Å²) in [5, 5.41) is 10.0. The predicted molar refractivity (Wildman–Crippen MR) is 77.5 cm³/mol. The van der Waals surface area contributed by atoms with Gasteiger partial charge < -0.3 is 14.6 Å². The van der Waals surface area contributed by atoms with Crippen LogP contribution in [0.3, 0.4) is 0 Å². The molecule has 2 rings (SSSR count). The molecule has 0 heterocycles. The molecule has 0 bridgehead atoms. The van der Waals surface area contributed by atoms with Crippen molar-refractivity contribution in [1.82, 2.24) is 0 Å². The van der Waals surface area contributed by atoms with Crippen molar-refractivity contribution in [3.05, 3.63) is 58.1 Å². The van der Waals surface area contributed by atoms with E-state index < -0.39 is 17.7 Å². The van der Waals surface area contributed by atoms with Gasteiger partial charge in [0, 0.05) is 4.47 Å². The molecule has 2 aromatic rings. The normalized spacial score (nSPS) is 12.0. The van der Waals surface area contributed by atoms with E-state index >= 15 is 0 Å². The van der Waals surface area contributed by atoms with Gasteiger partial charge in [-0.05, 0) is 29.8 Å². The van der Waals surface area contributed by atoms with Crippen LogP contribution in [-0.4, -0.2) is 18.8 Å². The number of hydrogen-bond donors (Lipinski definition) is 1. The first-order valence-electron chi connectivity index (χ1n) is 6.10. The van der Waals surface area contributed by atoms with Crippen LogP contribution in [0, 0.1) is 11.6 Å². The van der Waals surface area contributed by atoms with Crippen LogP contribution >= 0.6 is 15.9 Å². The van der Waals surface area contributed by atoms with Crippen LogP contribution in [0.15, 0.2) is 40.9 Å². The van der Waals surface area contributed by atoms with Crippen molar-refractivity contribution in [2.75, 3.05) is 13.7 Å². The summed E-state index contributed by atoms with van der Waals surface area (Å²) in [5.74, 6) is -1.78. The first-order valence-corrected chi connectivity index (χ1v) is 6.90. The first-order chi connectivity index (χ1) is 10.0. The molecule has 0 aliphatic carbocycles. The Kier molecular flexibility index (Phi) is 5.14. The third kappa shape index (κ3) is 3.92. The molecule has 0 amide bonds. The van der Waals surface area contributed by atoms with E-state index in [1.165, 1.54) is 13.2 Å². The van der Waals surface area contributed by atoms with Crippen molar-refractivity contribution in [3.8, 4) is 11.5 Å². The van der Waals surface area contributed by atoms with E-state index in [1.807, 2.05) is 0 Å². The second-order valence-electron chi connectivity index (χ2n) is 4.30. The highest BCUT2D eigenvalue weighted by Gasteiger charge is 2.14. The fourth-order valence-corrected chi connectivity index (χ4v) is 2.16. The number of aliphatic hydroxyl groups is 1. The van der Waals surface area contributed by atoms with E-state index in [0.29, 0.717) is 15.8 Å². The maximum atomic E-state index is 13.5. The zero-order chi connectivity index (χ0) is 15.4. The minimum atomic E-state index is -1.09. The quantitative estimate of drug-likeness (QED) is 0.825. The number of benzene rings is 2. The average molecular weight is 359 g/mol. The number of aliphatic hydroxyl groups excluding tert-OH is 1. The summed E-state index contributed by atoms with van der Waals surface area (Å²) in [6.45, 7) is -0.208. The third-order valence-electron chi connectivity index (χ3n) is 2.83. The molecule has 0 aliphatic rings. The summed E-state index contributed by atoms with van der Waals surface area (Å²) in [4.78, 5) is 0. The van der Waals surface area contributed by atoms with Gasteiger partial charge in [-0.15, -0.1) is 0 Å². The molecule has 112 valence electrons. The Bertz CT molecular complexity index is 634. The first kappa shape index (κ1) is 15.7. The van der Waals surface area contributed by atoms with Gasteiger partial charge >= 0.3 is 0 Å². The summed E-state index contributed by atoms with van der Waals surface area (Å²) in [6.07, 6.45) is -0.985. The van der Waals surface area contributed by atoms with Crippen LogP contribution in [0.2, 0.25) is 0 Å². The molecule has 1 N–H and O–H groups in total. The second-order valence-corrected chi connectivity index (χ2v) is 5.22. The van der Waals surface area contributed by atoms with E-state index in [4.69, 9.17) is 9.47 Å². The van der Waals surface area contributed by atoms with Crippen molar-refractivity contribution in [2.45, 2.75) is 6.10 Å². The number of methoxy groups -OCH3 is 1. The molecule has 3 nitrogen and oxygen atoms in total. The Morgan fingerprint density at radius 2 is 2.00 bits per heavy atom. The lowest BCUT2D eigenvalue weighted by atomic mass is 10.1. The Morgan fingerprint density at radius 3 is 2.71 bits per heavy atom. The van der Waals surface area contributed by atoms with Crippen molar-refractivity contribution in [3.63, 3.8) is 0 Å². The highest BCUT2D eigenvalue weighted by atomic mass is 79.9. The number of halogens is 3. The van der Waals surface area contributed by atoms with E-state index in [-0.39, 0.29) is 12.4 Å². The standard InChI is InChI=1S/C15H13BrF2O3/c1-20-11-4-2-3-9(5-11)13(19)8-21-14-7-10(16)6-12(17)15(14)18/h2-7,13,19H,8H2,1H3. The van der Waals surface area contributed by atoms with Crippen molar-refractivity contribution in [2.24, 2.45) is 0 Å². The SMILES string of the molecule is COc1cccc(C(O)COc2cc(Br)cc(F)c2F)c1. The topological polar surface area (TPSA) is 38.7 Å². The van der Waals surface area contributed by atoms with E-state index in [1.54, 1.807) is 24.3 Å². The minimum absolute atomic E-state index is 0.208.